The number of sulfonamides is 1. The van der Waals surface area contributed by atoms with E-state index in [0.717, 1.165) is 22.5 Å². The fourth-order valence-electron chi connectivity index (χ4n) is 5.91. The molecule has 7 rings (SSSR count). The average molecular weight is 617 g/mol. The molecular formula is C30H25ClN6O5S. The number of nitro groups is 1. The molecule has 3 aliphatic heterocycles. The van der Waals surface area contributed by atoms with Crippen LogP contribution in [0.1, 0.15) is 28.8 Å². The molecular weight excluding hydrogens is 592 g/mol. The van der Waals surface area contributed by atoms with Crippen molar-refractivity contribution in [3.63, 3.8) is 0 Å². The summed E-state index contributed by atoms with van der Waals surface area (Å²) in [4.78, 5) is 22.7. The molecule has 2 unspecified atom stereocenters. The highest BCUT2D eigenvalue weighted by molar-refractivity contribution is 7.89. The minimum Gasteiger partial charge on any atom is -0.436 e. The number of benzene rings is 3. The summed E-state index contributed by atoms with van der Waals surface area (Å²) in [7, 11) is -0.856. The van der Waals surface area contributed by atoms with Gasteiger partial charge in [0, 0.05) is 67.4 Å². The van der Waals surface area contributed by atoms with Gasteiger partial charge in [-0.05, 0) is 53.6 Å². The van der Waals surface area contributed by atoms with Crippen molar-refractivity contribution in [1.29, 1.82) is 0 Å². The van der Waals surface area contributed by atoms with Gasteiger partial charge >= 0.3 is 0 Å². The number of nitrogens with zero attached hydrogens (tertiary/aromatic N) is 5. The van der Waals surface area contributed by atoms with Crippen molar-refractivity contribution in [2.24, 2.45) is 4.99 Å². The van der Waals surface area contributed by atoms with Crippen molar-refractivity contribution in [1.82, 2.24) is 19.5 Å². The zero-order valence-corrected chi connectivity index (χ0v) is 24.6. The normalized spacial score (nSPS) is 19.3. The van der Waals surface area contributed by atoms with Gasteiger partial charge in [-0.3, -0.25) is 15.1 Å². The van der Waals surface area contributed by atoms with E-state index in [1.807, 2.05) is 12.1 Å². The van der Waals surface area contributed by atoms with Crippen LogP contribution < -0.4 is 10.1 Å². The number of fused-ring (bicyclic) bond motifs is 5. The number of nitro benzene ring substituents is 1. The molecule has 11 nitrogen and oxygen atoms in total. The van der Waals surface area contributed by atoms with Crippen molar-refractivity contribution < 1.29 is 18.1 Å². The van der Waals surface area contributed by atoms with Crippen LogP contribution in [0.15, 0.2) is 94.2 Å². The fraction of sp³-hybridized carbons (Fsp3) is 0.200. The maximum Gasteiger partial charge on any atom is 0.269 e. The average Bonchev–Trinajstić information content (AvgIpc) is 3.50. The maximum absolute atomic E-state index is 13.6. The second kappa shape index (κ2) is 10.0. The Morgan fingerprint density at radius 1 is 1.09 bits per heavy atom. The van der Waals surface area contributed by atoms with E-state index < -0.39 is 27.0 Å². The molecule has 13 heteroatoms. The van der Waals surface area contributed by atoms with E-state index in [2.05, 4.69) is 15.2 Å². The summed E-state index contributed by atoms with van der Waals surface area (Å²) in [5.74, 6) is 1.12. The number of aliphatic imine (C=N–C) groups is 1. The van der Waals surface area contributed by atoms with Gasteiger partial charge in [-0.25, -0.2) is 17.7 Å². The van der Waals surface area contributed by atoms with E-state index in [1.165, 1.54) is 30.5 Å². The Morgan fingerprint density at radius 3 is 2.51 bits per heavy atom. The lowest BCUT2D eigenvalue weighted by atomic mass is 9.81. The number of nitrogens with one attached hydrogen (secondary N) is 1. The lowest BCUT2D eigenvalue weighted by Crippen LogP contribution is -2.38. The van der Waals surface area contributed by atoms with Crippen molar-refractivity contribution >= 4 is 44.1 Å². The third-order valence-corrected chi connectivity index (χ3v) is 10.1. The van der Waals surface area contributed by atoms with Gasteiger partial charge in [-0.15, -0.1) is 0 Å². The molecule has 3 aromatic carbocycles. The molecule has 0 amide bonds. The molecule has 0 aliphatic carbocycles. The second-order valence-electron chi connectivity index (χ2n) is 10.6. The summed E-state index contributed by atoms with van der Waals surface area (Å²) in [6.45, 7) is 1.28. The SMILES string of the molecule is CN(C)S(=O)(=O)c1cc2c(c3ncccc13)OC1=NC(c3ccc([N+](=O)[O-])cc3)N3CCNC3=C1C2c1ccc(Cl)cc1. The topological polar surface area (TPSA) is 130 Å². The van der Waals surface area contributed by atoms with E-state index >= 15 is 0 Å². The molecule has 0 radical (unpaired) electrons. The number of ether oxygens (including phenoxy) is 1. The molecule has 0 saturated carbocycles. The summed E-state index contributed by atoms with van der Waals surface area (Å²) in [6.07, 6.45) is 1.11. The standard InChI is InChI=1S/C30H25ClN6O5S/c1-35(2)43(40,41)23-16-22-24(17-5-9-19(31)10-6-17)25-29-33-14-15-36(29)28(18-7-11-20(12-8-18)37(38)39)34-30(25)42-27(22)26-21(23)4-3-13-32-26/h3-13,16,24,28,33H,14-15H2,1-2H3. The zero-order valence-electron chi connectivity index (χ0n) is 23.1. The molecule has 0 bridgehead atoms. The molecule has 218 valence electrons. The number of aromatic nitrogens is 1. The number of rotatable bonds is 5. The first-order valence-electron chi connectivity index (χ1n) is 13.5. The van der Waals surface area contributed by atoms with E-state index in [9.17, 15) is 18.5 Å². The van der Waals surface area contributed by atoms with Crippen molar-refractivity contribution in [3.8, 4) is 5.75 Å². The van der Waals surface area contributed by atoms with Crippen LogP contribution in [-0.2, 0) is 10.0 Å². The highest BCUT2D eigenvalue weighted by atomic mass is 35.5. The van der Waals surface area contributed by atoms with E-state index in [1.54, 1.807) is 48.7 Å². The Morgan fingerprint density at radius 2 is 1.81 bits per heavy atom. The quantitative estimate of drug-likeness (QED) is 0.250. The fourth-order valence-corrected chi connectivity index (χ4v) is 7.15. The molecule has 4 heterocycles. The van der Waals surface area contributed by atoms with Crippen LogP contribution in [0, 0.1) is 10.1 Å². The van der Waals surface area contributed by atoms with Gasteiger partial charge in [-0.2, -0.15) is 0 Å². The largest absolute Gasteiger partial charge is 0.436 e. The number of non-ortho nitro benzene ring substituents is 1. The Balaban J connectivity index is 1.50. The van der Waals surface area contributed by atoms with Gasteiger partial charge in [0.2, 0.25) is 15.9 Å². The molecule has 0 spiro atoms. The molecule has 1 saturated heterocycles. The van der Waals surface area contributed by atoms with Crippen LogP contribution in [0.4, 0.5) is 5.69 Å². The predicted octanol–water partition coefficient (Wildman–Crippen LogP) is 4.80. The molecule has 1 aromatic heterocycles. The van der Waals surface area contributed by atoms with Gasteiger partial charge in [0.1, 0.15) is 11.3 Å². The summed E-state index contributed by atoms with van der Waals surface area (Å²) in [5.41, 5.74) is 3.43. The Bertz CT molecular complexity index is 1980. The van der Waals surface area contributed by atoms with E-state index in [-0.39, 0.29) is 10.6 Å². The molecule has 1 N–H and O–H groups in total. The van der Waals surface area contributed by atoms with Gasteiger partial charge in [0.15, 0.2) is 11.9 Å². The van der Waals surface area contributed by atoms with Crippen molar-refractivity contribution in [2.75, 3.05) is 27.2 Å². The van der Waals surface area contributed by atoms with Gasteiger partial charge < -0.3 is 15.0 Å². The Hall–Kier alpha value is -4.52. The summed E-state index contributed by atoms with van der Waals surface area (Å²) >= 11 is 6.27. The van der Waals surface area contributed by atoms with Crippen LogP contribution in [-0.4, -0.2) is 60.6 Å². The van der Waals surface area contributed by atoms with Crippen molar-refractivity contribution in [2.45, 2.75) is 17.0 Å². The predicted molar refractivity (Wildman–Crippen MR) is 162 cm³/mol. The lowest BCUT2D eigenvalue weighted by Gasteiger charge is -2.39. The monoisotopic (exact) mass is 616 g/mol. The lowest BCUT2D eigenvalue weighted by molar-refractivity contribution is -0.384. The highest BCUT2D eigenvalue weighted by Gasteiger charge is 2.44. The third kappa shape index (κ3) is 4.32. The van der Waals surface area contributed by atoms with Gasteiger partial charge in [0.05, 0.1) is 15.4 Å². The zero-order chi connectivity index (χ0) is 30.0. The first-order valence-corrected chi connectivity index (χ1v) is 15.3. The molecule has 3 aliphatic rings. The second-order valence-corrected chi connectivity index (χ2v) is 13.2. The number of hydrogen-bond acceptors (Lipinski definition) is 9. The van der Waals surface area contributed by atoms with Gasteiger partial charge in [-0.1, -0.05) is 23.7 Å². The number of halogens is 1. The van der Waals surface area contributed by atoms with Crippen LogP contribution >= 0.6 is 11.6 Å². The maximum atomic E-state index is 13.6. The smallest absolute Gasteiger partial charge is 0.269 e. The number of hydrogen-bond donors (Lipinski definition) is 1. The molecule has 1 fully saturated rings. The Labute approximate surface area is 252 Å². The Kier molecular flexibility index (Phi) is 6.38. The van der Waals surface area contributed by atoms with Crippen LogP contribution in [0.2, 0.25) is 5.02 Å². The van der Waals surface area contributed by atoms with E-state index in [0.29, 0.717) is 46.2 Å². The minimum absolute atomic E-state index is 0.00474. The van der Waals surface area contributed by atoms with E-state index in [4.69, 9.17) is 21.3 Å². The summed E-state index contributed by atoms with van der Waals surface area (Å²) < 4.78 is 35.0. The highest BCUT2D eigenvalue weighted by Crippen LogP contribution is 2.50. The van der Waals surface area contributed by atoms with Crippen LogP contribution in [0.5, 0.6) is 5.75 Å². The number of pyridine rings is 1. The summed E-state index contributed by atoms with van der Waals surface area (Å²) in [5, 5.41) is 15.8. The van der Waals surface area contributed by atoms with Gasteiger partial charge in [0.25, 0.3) is 5.69 Å². The first-order chi connectivity index (χ1) is 20.6. The molecule has 43 heavy (non-hydrogen) atoms. The summed E-state index contributed by atoms with van der Waals surface area (Å²) in [6, 6.07) is 18.9. The van der Waals surface area contributed by atoms with Crippen molar-refractivity contribution in [3.05, 3.63) is 116 Å². The molecule has 2 atom stereocenters. The third-order valence-electron chi connectivity index (χ3n) is 7.95. The first kappa shape index (κ1) is 27.3. The molecule has 4 aromatic rings. The minimum atomic E-state index is -3.85. The van der Waals surface area contributed by atoms with Crippen LogP contribution in [0.25, 0.3) is 10.9 Å². The van der Waals surface area contributed by atoms with Crippen LogP contribution in [0.3, 0.4) is 0 Å².